The number of nitrogens with zero attached hydrogens (tertiary/aromatic N) is 1. The number of nitrogen functional groups attached to an aromatic ring is 1. The van der Waals surface area contributed by atoms with E-state index in [0.717, 1.165) is 6.54 Å². The van der Waals surface area contributed by atoms with Crippen LogP contribution in [0.15, 0.2) is 0 Å². The topological polar surface area (TPSA) is 80.0 Å². The van der Waals surface area contributed by atoms with E-state index < -0.39 is 0 Å². The highest BCUT2D eigenvalue weighted by Crippen LogP contribution is 2.30. The number of nitrogens with one attached hydrogen (secondary N) is 2. The lowest BCUT2D eigenvalue weighted by Gasteiger charge is -2.15. The predicted molar refractivity (Wildman–Crippen MR) is 74.9 cm³/mol. The zero-order valence-corrected chi connectivity index (χ0v) is 11.6. The van der Waals surface area contributed by atoms with Gasteiger partial charge in [0.05, 0.1) is 0 Å². The Morgan fingerprint density at radius 3 is 2.89 bits per heavy atom. The summed E-state index contributed by atoms with van der Waals surface area (Å²) in [6, 6.07) is 0. The maximum absolute atomic E-state index is 12.0. The van der Waals surface area contributed by atoms with E-state index in [4.69, 9.17) is 5.73 Å². The van der Waals surface area contributed by atoms with Gasteiger partial charge in [0.1, 0.15) is 10.7 Å². The first-order valence-electron chi connectivity index (χ1n) is 6.34. The van der Waals surface area contributed by atoms with Gasteiger partial charge in [-0.05, 0) is 18.3 Å². The second-order valence-corrected chi connectivity index (χ2v) is 5.86. The largest absolute Gasteiger partial charge is 0.382 e. The average molecular weight is 268 g/mol. The van der Waals surface area contributed by atoms with Crippen molar-refractivity contribution in [2.75, 3.05) is 24.6 Å². The summed E-state index contributed by atoms with van der Waals surface area (Å²) >= 11 is 1.29. The Balaban J connectivity index is 1.92. The summed E-state index contributed by atoms with van der Waals surface area (Å²) in [6.07, 6.45) is 3.75. The van der Waals surface area contributed by atoms with Gasteiger partial charge in [0.2, 0.25) is 0 Å². The van der Waals surface area contributed by atoms with Gasteiger partial charge in [0.25, 0.3) is 5.91 Å². The van der Waals surface area contributed by atoms with E-state index in [9.17, 15) is 4.79 Å². The molecule has 2 atom stereocenters. The Bertz CT molecular complexity index is 432. The lowest BCUT2D eigenvalue weighted by Crippen LogP contribution is -2.30. The van der Waals surface area contributed by atoms with Crippen molar-refractivity contribution in [3.63, 3.8) is 0 Å². The molecular weight excluding hydrogens is 248 g/mol. The Kier molecular flexibility index (Phi) is 4.06. The number of aromatic nitrogens is 1. The highest BCUT2D eigenvalue weighted by Gasteiger charge is 2.24. The van der Waals surface area contributed by atoms with Crippen LogP contribution in [0.25, 0.3) is 0 Å². The fourth-order valence-electron chi connectivity index (χ4n) is 2.43. The summed E-state index contributed by atoms with van der Waals surface area (Å²) in [4.78, 5) is 16.6. The van der Waals surface area contributed by atoms with Gasteiger partial charge in [-0.25, -0.2) is 4.98 Å². The summed E-state index contributed by atoms with van der Waals surface area (Å²) < 4.78 is 0. The molecular formula is C12H20N4OS. The van der Waals surface area contributed by atoms with Crippen molar-refractivity contribution in [3.05, 3.63) is 4.88 Å². The minimum atomic E-state index is -0.106. The van der Waals surface area contributed by atoms with E-state index in [1.165, 1.54) is 30.6 Å². The summed E-state index contributed by atoms with van der Waals surface area (Å²) in [5.74, 6) is 1.51. The quantitative estimate of drug-likeness (QED) is 0.779. The van der Waals surface area contributed by atoms with Crippen LogP contribution < -0.4 is 16.4 Å². The van der Waals surface area contributed by atoms with E-state index in [1.807, 2.05) is 0 Å². The average Bonchev–Trinajstić information content (AvgIpc) is 2.92. The van der Waals surface area contributed by atoms with Crippen LogP contribution in [-0.2, 0) is 0 Å². The van der Waals surface area contributed by atoms with Crippen molar-refractivity contribution in [1.29, 1.82) is 0 Å². The zero-order valence-electron chi connectivity index (χ0n) is 10.8. The fourth-order valence-corrected chi connectivity index (χ4v) is 3.19. The summed E-state index contributed by atoms with van der Waals surface area (Å²) in [6.45, 7) is 3.00. The van der Waals surface area contributed by atoms with Gasteiger partial charge in [-0.1, -0.05) is 31.1 Å². The number of thiazole rings is 1. The maximum atomic E-state index is 12.0. The number of amides is 1. The van der Waals surface area contributed by atoms with Crippen LogP contribution in [0.1, 0.15) is 35.9 Å². The van der Waals surface area contributed by atoms with Crippen molar-refractivity contribution < 1.29 is 4.79 Å². The zero-order chi connectivity index (χ0) is 13.1. The first-order valence-corrected chi connectivity index (χ1v) is 7.15. The third-order valence-corrected chi connectivity index (χ3v) is 4.72. The molecule has 1 amide bonds. The van der Waals surface area contributed by atoms with E-state index in [-0.39, 0.29) is 5.91 Å². The second kappa shape index (κ2) is 5.56. The van der Waals surface area contributed by atoms with Crippen molar-refractivity contribution in [3.8, 4) is 0 Å². The molecule has 2 rings (SSSR count). The normalized spacial score (nSPS) is 23.0. The molecule has 1 saturated carbocycles. The Labute approximate surface area is 111 Å². The van der Waals surface area contributed by atoms with Gasteiger partial charge in [-0.15, -0.1) is 0 Å². The maximum Gasteiger partial charge on any atom is 0.265 e. The first-order chi connectivity index (χ1) is 8.61. The summed E-state index contributed by atoms with van der Waals surface area (Å²) in [7, 11) is 1.76. The molecule has 1 aliphatic rings. The van der Waals surface area contributed by atoms with Crippen LogP contribution in [0.2, 0.25) is 0 Å². The number of carbonyl (C=O) groups excluding carboxylic acids is 1. The molecule has 1 heterocycles. The van der Waals surface area contributed by atoms with Gasteiger partial charge in [0, 0.05) is 13.6 Å². The van der Waals surface area contributed by atoms with Crippen LogP contribution in [0.5, 0.6) is 0 Å². The number of rotatable bonds is 4. The number of nitrogens with two attached hydrogens (primary N) is 1. The molecule has 4 N–H and O–H groups in total. The Morgan fingerprint density at radius 2 is 2.33 bits per heavy atom. The number of hydrogen-bond acceptors (Lipinski definition) is 5. The molecule has 18 heavy (non-hydrogen) atoms. The van der Waals surface area contributed by atoms with Crippen LogP contribution in [0.4, 0.5) is 10.9 Å². The summed E-state index contributed by atoms with van der Waals surface area (Å²) in [5.41, 5.74) is 5.73. The van der Waals surface area contributed by atoms with Crippen molar-refractivity contribution in [2.24, 2.45) is 11.8 Å². The molecule has 100 valence electrons. The van der Waals surface area contributed by atoms with E-state index >= 15 is 0 Å². The molecule has 0 bridgehead atoms. The lowest BCUT2D eigenvalue weighted by molar-refractivity contribution is 0.0949. The number of hydrogen-bond donors (Lipinski definition) is 3. The molecule has 2 unspecified atom stereocenters. The second-order valence-electron chi connectivity index (χ2n) is 4.86. The van der Waals surface area contributed by atoms with E-state index in [1.54, 1.807) is 7.05 Å². The molecule has 1 aliphatic carbocycles. The lowest BCUT2D eigenvalue weighted by atomic mass is 9.98. The third-order valence-electron chi connectivity index (χ3n) is 3.64. The molecule has 1 aromatic heterocycles. The van der Waals surface area contributed by atoms with E-state index in [0.29, 0.717) is 27.7 Å². The molecule has 0 saturated heterocycles. The smallest absolute Gasteiger partial charge is 0.265 e. The minimum absolute atomic E-state index is 0.106. The molecule has 0 aliphatic heterocycles. The monoisotopic (exact) mass is 268 g/mol. The number of carbonyl (C=O) groups is 1. The number of anilines is 2. The standard InChI is InChI=1S/C12H20N4OS/c1-7-4-3-5-8(7)6-15-11(17)9-10(13)16-12(14-2)18-9/h7-8H,3-6,13H2,1-2H3,(H,14,16)(H,15,17). The fraction of sp³-hybridized carbons (Fsp3) is 0.667. The van der Waals surface area contributed by atoms with Crippen molar-refractivity contribution in [2.45, 2.75) is 26.2 Å². The third kappa shape index (κ3) is 2.75. The van der Waals surface area contributed by atoms with Gasteiger partial charge in [0.15, 0.2) is 5.13 Å². The molecule has 0 spiro atoms. The van der Waals surface area contributed by atoms with E-state index in [2.05, 4.69) is 22.5 Å². The summed E-state index contributed by atoms with van der Waals surface area (Å²) in [5, 5.41) is 6.54. The molecule has 0 aromatic carbocycles. The Hall–Kier alpha value is -1.30. The first kappa shape index (κ1) is 13.1. The van der Waals surface area contributed by atoms with Crippen molar-refractivity contribution in [1.82, 2.24) is 10.3 Å². The molecule has 1 fully saturated rings. The predicted octanol–water partition coefficient (Wildman–Crippen LogP) is 1.93. The molecule has 1 aromatic rings. The highest BCUT2D eigenvalue weighted by atomic mass is 32.1. The molecule has 6 heteroatoms. The van der Waals surface area contributed by atoms with Gasteiger partial charge in [-0.2, -0.15) is 0 Å². The van der Waals surface area contributed by atoms with Crippen LogP contribution in [0.3, 0.4) is 0 Å². The van der Waals surface area contributed by atoms with Gasteiger partial charge >= 0.3 is 0 Å². The Morgan fingerprint density at radius 1 is 1.56 bits per heavy atom. The van der Waals surface area contributed by atoms with Crippen LogP contribution in [0, 0.1) is 11.8 Å². The minimum Gasteiger partial charge on any atom is -0.382 e. The molecule has 0 radical (unpaired) electrons. The van der Waals surface area contributed by atoms with Crippen molar-refractivity contribution >= 4 is 28.2 Å². The van der Waals surface area contributed by atoms with Gasteiger partial charge in [-0.3, -0.25) is 4.79 Å². The van der Waals surface area contributed by atoms with Gasteiger partial charge < -0.3 is 16.4 Å². The molecule has 5 nitrogen and oxygen atoms in total. The highest BCUT2D eigenvalue weighted by molar-refractivity contribution is 7.18. The SMILES string of the molecule is CNc1nc(N)c(C(=O)NCC2CCCC2C)s1. The van der Waals surface area contributed by atoms with Crippen LogP contribution >= 0.6 is 11.3 Å². The van der Waals surface area contributed by atoms with Crippen LogP contribution in [-0.4, -0.2) is 24.5 Å².